The molecule has 0 saturated carbocycles. The summed E-state index contributed by atoms with van der Waals surface area (Å²) in [7, 11) is 0. The van der Waals surface area contributed by atoms with Crippen molar-refractivity contribution >= 4 is 17.9 Å². The molecule has 3 amide bonds. The first-order chi connectivity index (χ1) is 13.0. The van der Waals surface area contributed by atoms with Crippen LogP contribution in [0, 0.1) is 5.92 Å². The van der Waals surface area contributed by atoms with Crippen LogP contribution in [-0.4, -0.2) is 59.0 Å². The molecule has 2 aliphatic rings. The predicted octanol–water partition coefficient (Wildman–Crippen LogP) is 1.86. The molecule has 0 radical (unpaired) electrons. The Bertz CT molecular complexity index is 706. The van der Waals surface area contributed by atoms with Crippen molar-refractivity contribution < 1.29 is 19.5 Å². The second-order valence-corrected chi connectivity index (χ2v) is 7.38. The largest absolute Gasteiger partial charge is 0.481 e. The van der Waals surface area contributed by atoms with E-state index in [1.807, 2.05) is 18.2 Å². The molecule has 2 aliphatic heterocycles. The molecule has 7 heteroatoms. The maximum Gasteiger partial charge on any atom is 0.318 e. The molecule has 146 valence electrons. The quantitative estimate of drug-likeness (QED) is 0.824. The fourth-order valence-electron chi connectivity index (χ4n) is 3.90. The molecule has 1 saturated heterocycles. The molecule has 1 fully saturated rings. The van der Waals surface area contributed by atoms with Crippen molar-refractivity contribution in [2.45, 2.75) is 38.6 Å². The van der Waals surface area contributed by atoms with E-state index in [2.05, 4.69) is 11.4 Å². The van der Waals surface area contributed by atoms with Crippen LogP contribution in [0.1, 0.15) is 36.8 Å². The molecule has 0 aromatic heterocycles. The number of nitrogens with one attached hydrogen (secondary N) is 1. The van der Waals surface area contributed by atoms with E-state index in [0.717, 1.165) is 24.8 Å². The minimum atomic E-state index is -0.797. The summed E-state index contributed by atoms with van der Waals surface area (Å²) in [6.07, 6.45) is 3.40. The normalized spacial score (nSPS) is 19.3. The van der Waals surface area contributed by atoms with E-state index in [9.17, 15) is 14.4 Å². The lowest BCUT2D eigenvalue weighted by molar-refractivity contribution is -0.137. The molecule has 1 aromatic carbocycles. The van der Waals surface area contributed by atoms with Crippen LogP contribution in [0.5, 0.6) is 0 Å². The van der Waals surface area contributed by atoms with Gasteiger partial charge in [0.15, 0.2) is 0 Å². The summed E-state index contributed by atoms with van der Waals surface area (Å²) >= 11 is 0. The van der Waals surface area contributed by atoms with Gasteiger partial charge in [-0.1, -0.05) is 24.3 Å². The van der Waals surface area contributed by atoms with Crippen molar-refractivity contribution in [1.29, 1.82) is 0 Å². The molecule has 7 nitrogen and oxygen atoms in total. The zero-order valence-electron chi connectivity index (χ0n) is 15.5. The van der Waals surface area contributed by atoms with Crippen LogP contribution < -0.4 is 5.32 Å². The van der Waals surface area contributed by atoms with Crippen molar-refractivity contribution in [3.05, 3.63) is 35.4 Å². The lowest BCUT2D eigenvalue weighted by atomic mass is 9.93. The third-order valence-electron chi connectivity index (χ3n) is 5.45. The van der Waals surface area contributed by atoms with Crippen molar-refractivity contribution in [3.63, 3.8) is 0 Å². The highest BCUT2D eigenvalue weighted by molar-refractivity contribution is 5.84. The van der Waals surface area contributed by atoms with Gasteiger partial charge in [-0.15, -0.1) is 0 Å². The molecule has 0 spiro atoms. The highest BCUT2D eigenvalue weighted by Crippen LogP contribution is 2.21. The van der Waals surface area contributed by atoms with E-state index in [0.29, 0.717) is 32.6 Å². The summed E-state index contributed by atoms with van der Waals surface area (Å²) in [5, 5.41) is 11.6. The minimum Gasteiger partial charge on any atom is -0.481 e. The molecule has 3 rings (SSSR count). The van der Waals surface area contributed by atoms with Gasteiger partial charge in [-0.25, -0.2) is 4.79 Å². The third kappa shape index (κ3) is 5.21. The smallest absolute Gasteiger partial charge is 0.318 e. The average molecular weight is 373 g/mol. The standard InChI is InChI=1S/C20H27N3O4/c24-18(22-10-3-4-15(13-22)7-8-19(25)26)12-21-20(27)23-11-9-16-5-1-2-6-17(16)14-23/h1-2,5-6,15H,3-4,7-14H2,(H,21,27)(H,25,26). The summed E-state index contributed by atoms with van der Waals surface area (Å²) in [5.74, 6) is -0.664. The minimum absolute atomic E-state index is 0.0113. The zero-order chi connectivity index (χ0) is 19.2. The first-order valence-corrected chi connectivity index (χ1v) is 9.62. The van der Waals surface area contributed by atoms with Gasteiger partial charge in [-0.3, -0.25) is 9.59 Å². The van der Waals surface area contributed by atoms with Gasteiger partial charge in [-0.2, -0.15) is 0 Å². The Kier molecular flexibility index (Phi) is 6.32. The topological polar surface area (TPSA) is 90.0 Å². The van der Waals surface area contributed by atoms with Gasteiger partial charge in [-0.05, 0) is 42.7 Å². The summed E-state index contributed by atoms with van der Waals surface area (Å²) in [5.41, 5.74) is 2.43. The van der Waals surface area contributed by atoms with Gasteiger partial charge in [0.1, 0.15) is 0 Å². The van der Waals surface area contributed by atoms with E-state index in [1.165, 1.54) is 5.56 Å². The Hall–Kier alpha value is -2.57. The van der Waals surface area contributed by atoms with Crippen molar-refractivity contribution in [1.82, 2.24) is 15.1 Å². The number of nitrogens with zero attached hydrogens (tertiary/aromatic N) is 2. The van der Waals surface area contributed by atoms with E-state index >= 15 is 0 Å². The number of carbonyl (C=O) groups excluding carboxylic acids is 2. The number of benzene rings is 1. The number of carbonyl (C=O) groups is 3. The number of hydrogen-bond acceptors (Lipinski definition) is 3. The van der Waals surface area contributed by atoms with Crippen LogP contribution in [0.25, 0.3) is 0 Å². The van der Waals surface area contributed by atoms with Crippen LogP contribution in [0.4, 0.5) is 4.79 Å². The molecule has 0 aliphatic carbocycles. The summed E-state index contributed by atoms with van der Waals surface area (Å²) in [4.78, 5) is 39.1. The number of amides is 3. The molecule has 1 unspecified atom stereocenters. The van der Waals surface area contributed by atoms with Gasteiger partial charge >= 0.3 is 12.0 Å². The second-order valence-electron chi connectivity index (χ2n) is 7.38. The van der Waals surface area contributed by atoms with Crippen LogP contribution >= 0.6 is 0 Å². The lowest BCUT2D eigenvalue weighted by Gasteiger charge is -2.33. The number of urea groups is 1. The van der Waals surface area contributed by atoms with Crippen molar-refractivity contribution in [3.8, 4) is 0 Å². The van der Waals surface area contributed by atoms with Crippen LogP contribution in [-0.2, 0) is 22.6 Å². The predicted molar refractivity (Wildman–Crippen MR) is 100 cm³/mol. The number of rotatable bonds is 5. The van der Waals surface area contributed by atoms with Crippen molar-refractivity contribution in [2.24, 2.45) is 5.92 Å². The van der Waals surface area contributed by atoms with Crippen LogP contribution in [0.3, 0.4) is 0 Å². The van der Waals surface area contributed by atoms with Gasteiger partial charge in [0.05, 0.1) is 6.54 Å². The van der Waals surface area contributed by atoms with Gasteiger partial charge in [0, 0.05) is 32.6 Å². The molecule has 2 N–H and O–H groups in total. The van der Waals surface area contributed by atoms with E-state index in [4.69, 9.17) is 5.11 Å². The van der Waals surface area contributed by atoms with Crippen LogP contribution in [0.15, 0.2) is 24.3 Å². The molecule has 1 atom stereocenters. The molecule has 1 aromatic rings. The molecule has 27 heavy (non-hydrogen) atoms. The molecule has 0 bridgehead atoms. The molecule has 2 heterocycles. The molecular formula is C20H27N3O4. The van der Waals surface area contributed by atoms with Gasteiger partial charge < -0.3 is 20.2 Å². The average Bonchev–Trinajstić information content (AvgIpc) is 2.70. The number of aliphatic carboxylic acids is 1. The number of likely N-dealkylation sites (tertiary alicyclic amines) is 1. The summed E-state index contributed by atoms with van der Waals surface area (Å²) < 4.78 is 0. The van der Waals surface area contributed by atoms with E-state index in [1.54, 1.807) is 9.80 Å². The Morgan fingerprint density at radius 1 is 1.11 bits per heavy atom. The number of hydrogen-bond donors (Lipinski definition) is 2. The van der Waals surface area contributed by atoms with Crippen molar-refractivity contribution in [2.75, 3.05) is 26.2 Å². The number of fused-ring (bicyclic) bond motifs is 1. The fraction of sp³-hybridized carbons (Fsp3) is 0.550. The maximum atomic E-state index is 12.4. The van der Waals surface area contributed by atoms with Crippen LogP contribution in [0.2, 0.25) is 0 Å². The second kappa shape index (κ2) is 8.88. The Morgan fingerprint density at radius 2 is 1.89 bits per heavy atom. The monoisotopic (exact) mass is 373 g/mol. The number of carboxylic acids is 1. The summed E-state index contributed by atoms with van der Waals surface area (Å²) in [6.45, 7) is 2.46. The molecular weight excluding hydrogens is 346 g/mol. The van der Waals surface area contributed by atoms with E-state index < -0.39 is 5.97 Å². The highest BCUT2D eigenvalue weighted by Gasteiger charge is 2.25. The first-order valence-electron chi connectivity index (χ1n) is 9.62. The first kappa shape index (κ1) is 19.2. The fourth-order valence-corrected chi connectivity index (χ4v) is 3.90. The highest BCUT2D eigenvalue weighted by atomic mass is 16.4. The SMILES string of the molecule is O=C(O)CCC1CCCN(C(=O)CNC(=O)N2CCc3ccccc3C2)C1. The summed E-state index contributed by atoms with van der Waals surface area (Å²) in [6, 6.07) is 7.89. The number of carboxylic acid groups (broad SMARTS) is 1. The number of piperidine rings is 1. The lowest BCUT2D eigenvalue weighted by Crippen LogP contribution is -2.48. The maximum absolute atomic E-state index is 12.4. The van der Waals surface area contributed by atoms with Gasteiger partial charge in [0.2, 0.25) is 5.91 Å². The Balaban J connectivity index is 1.44. The zero-order valence-corrected chi connectivity index (χ0v) is 15.5. The Morgan fingerprint density at radius 3 is 2.67 bits per heavy atom. The van der Waals surface area contributed by atoms with Gasteiger partial charge in [0.25, 0.3) is 0 Å². The third-order valence-corrected chi connectivity index (χ3v) is 5.45. The van der Waals surface area contributed by atoms with E-state index in [-0.39, 0.29) is 30.8 Å². The Labute approximate surface area is 159 Å².